The second-order valence-electron chi connectivity index (χ2n) is 7.62. The van der Waals surface area contributed by atoms with Gasteiger partial charge in [0, 0.05) is 23.9 Å². The van der Waals surface area contributed by atoms with Crippen LogP contribution in [0.15, 0.2) is 71.7 Å². The molecule has 0 saturated carbocycles. The van der Waals surface area contributed by atoms with Gasteiger partial charge in [-0.1, -0.05) is 69.7 Å². The van der Waals surface area contributed by atoms with Gasteiger partial charge in [0.2, 0.25) is 0 Å². The Morgan fingerprint density at radius 3 is 2.22 bits per heavy atom. The average molecular weight is 502 g/mol. The van der Waals surface area contributed by atoms with E-state index >= 15 is 0 Å². The van der Waals surface area contributed by atoms with Crippen LogP contribution in [0.25, 0.3) is 0 Å². The van der Waals surface area contributed by atoms with E-state index in [9.17, 15) is 13.2 Å². The number of amidine groups is 1. The third-order valence-corrected chi connectivity index (χ3v) is 5.35. The number of aliphatic imine (C=N–C) groups is 1. The second-order valence-corrected chi connectivity index (χ2v) is 7.62. The minimum atomic E-state index is -4.46. The maximum Gasteiger partial charge on any atom is 0.416 e. The lowest BCUT2D eigenvalue weighted by Gasteiger charge is -2.32. The molecule has 3 aromatic rings. The molecule has 6 nitrogen and oxygen atoms in total. The second kappa shape index (κ2) is 13.4. The Hall–Kier alpha value is -3.72. The van der Waals surface area contributed by atoms with Gasteiger partial charge in [0.05, 0.1) is 11.3 Å². The van der Waals surface area contributed by atoms with Crippen molar-refractivity contribution in [3.8, 4) is 5.75 Å². The summed E-state index contributed by atoms with van der Waals surface area (Å²) >= 11 is 0. The van der Waals surface area contributed by atoms with Crippen LogP contribution in [0.5, 0.6) is 5.75 Å². The van der Waals surface area contributed by atoms with Gasteiger partial charge < -0.3 is 21.2 Å². The van der Waals surface area contributed by atoms with Gasteiger partial charge in [-0.25, -0.2) is 0 Å². The van der Waals surface area contributed by atoms with Crippen molar-refractivity contribution in [1.82, 2.24) is 5.32 Å². The first kappa shape index (κ1) is 28.5. The van der Waals surface area contributed by atoms with Crippen LogP contribution in [-0.4, -0.2) is 12.9 Å². The van der Waals surface area contributed by atoms with Crippen LogP contribution in [0.3, 0.4) is 0 Å². The third-order valence-electron chi connectivity index (χ3n) is 5.35. The van der Waals surface area contributed by atoms with Crippen molar-refractivity contribution in [2.75, 3.05) is 18.1 Å². The summed E-state index contributed by atoms with van der Waals surface area (Å²) in [5, 5.41) is 5.99. The molecule has 1 unspecified atom stereocenters. The molecule has 1 heterocycles. The number of nitrogen functional groups attached to an aromatic ring is 1. The summed E-state index contributed by atoms with van der Waals surface area (Å²) in [6.45, 7) is 6.16. The number of hydrogen-bond acceptors (Lipinski definition) is 5. The largest absolute Gasteiger partial charge is 0.416 e. The Kier molecular flexibility index (Phi) is 10.6. The predicted octanol–water partition coefficient (Wildman–Crippen LogP) is 6.30. The van der Waals surface area contributed by atoms with Crippen molar-refractivity contribution in [2.24, 2.45) is 10.9 Å². The number of anilines is 2. The Labute approximate surface area is 210 Å². The number of para-hydroxylation sites is 2. The molecule has 0 saturated heterocycles. The summed E-state index contributed by atoms with van der Waals surface area (Å²) in [5.41, 5.74) is 8.39. The Morgan fingerprint density at radius 2 is 1.61 bits per heavy atom. The highest BCUT2D eigenvalue weighted by Crippen LogP contribution is 2.39. The van der Waals surface area contributed by atoms with Crippen LogP contribution in [0.2, 0.25) is 0 Å². The fourth-order valence-electron chi connectivity index (χ4n) is 3.75. The van der Waals surface area contributed by atoms with Gasteiger partial charge in [-0.2, -0.15) is 19.1 Å². The van der Waals surface area contributed by atoms with Gasteiger partial charge in [-0.15, -0.1) is 0 Å². The van der Waals surface area contributed by atoms with E-state index in [0.717, 1.165) is 24.6 Å². The lowest BCUT2D eigenvalue weighted by Crippen LogP contribution is -2.40. The highest BCUT2D eigenvalue weighted by Gasteiger charge is 2.36. The van der Waals surface area contributed by atoms with Gasteiger partial charge >= 0.3 is 6.18 Å². The quantitative estimate of drug-likeness (QED) is 0.249. The highest BCUT2D eigenvalue weighted by molar-refractivity contribution is 6.06. The molecular weight excluding hydrogens is 467 g/mol. The Bertz CT molecular complexity index is 1150. The molecule has 0 radical (unpaired) electrons. The monoisotopic (exact) mass is 501 g/mol. The highest BCUT2D eigenvalue weighted by atomic mass is 19.4. The first-order valence-electron chi connectivity index (χ1n) is 11.8. The Morgan fingerprint density at radius 1 is 0.944 bits per heavy atom. The van der Waals surface area contributed by atoms with Crippen molar-refractivity contribution in [3.05, 3.63) is 89.0 Å². The van der Waals surface area contributed by atoms with Crippen LogP contribution in [0, 0.1) is 0 Å². The molecule has 6 N–H and O–H groups in total. The number of aryl methyl sites for hydroxylation is 1. The van der Waals surface area contributed by atoms with Crippen molar-refractivity contribution >= 4 is 17.2 Å². The fourth-order valence-corrected chi connectivity index (χ4v) is 3.75. The number of halogens is 3. The smallest absolute Gasteiger partial charge is 0.409 e. The topological polar surface area (TPSA) is 97.7 Å². The van der Waals surface area contributed by atoms with Crippen LogP contribution in [-0.2, 0) is 12.6 Å². The van der Waals surface area contributed by atoms with E-state index in [0.29, 0.717) is 22.8 Å². The fraction of sp³-hybridized carbons (Fsp3) is 0.296. The lowest BCUT2D eigenvalue weighted by atomic mass is 10.0. The summed E-state index contributed by atoms with van der Waals surface area (Å²) in [6, 6.07) is 18.5. The minimum Gasteiger partial charge on any atom is -0.409 e. The number of nitrogens with one attached hydrogen (secondary N) is 2. The number of alkyl halides is 3. The van der Waals surface area contributed by atoms with Crippen molar-refractivity contribution < 1.29 is 18.0 Å². The molecule has 0 bridgehead atoms. The molecule has 0 aliphatic carbocycles. The lowest BCUT2D eigenvalue weighted by molar-refractivity contribution is -0.138. The molecule has 194 valence electrons. The average Bonchev–Trinajstić information content (AvgIpc) is 2.90. The first-order valence-corrected chi connectivity index (χ1v) is 11.8. The summed E-state index contributed by atoms with van der Waals surface area (Å²) in [6.07, 6.45) is -3.04. The SMILES string of the molecule is CC.CCCc1ccccc1N.CN=C1NC(c2ccccc2C(F)(F)F)Nc2c(ON)cccc21. The van der Waals surface area contributed by atoms with Crippen molar-refractivity contribution in [2.45, 2.75) is 46.0 Å². The third kappa shape index (κ3) is 6.91. The van der Waals surface area contributed by atoms with Crippen LogP contribution < -0.4 is 27.1 Å². The van der Waals surface area contributed by atoms with E-state index < -0.39 is 17.9 Å². The first-order chi connectivity index (χ1) is 17.3. The van der Waals surface area contributed by atoms with E-state index in [4.69, 9.17) is 16.5 Å². The summed E-state index contributed by atoms with van der Waals surface area (Å²) in [7, 11) is 1.56. The van der Waals surface area contributed by atoms with Gasteiger partial charge in [0.15, 0.2) is 5.75 Å². The van der Waals surface area contributed by atoms with Crippen molar-refractivity contribution in [3.63, 3.8) is 0 Å². The van der Waals surface area contributed by atoms with Gasteiger partial charge in [0.25, 0.3) is 0 Å². The van der Waals surface area contributed by atoms with E-state index in [1.165, 1.54) is 17.7 Å². The number of hydrogen-bond donors (Lipinski definition) is 4. The molecule has 4 rings (SSSR count). The molecule has 3 aromatic carbocycles. The molecule has 1 atom stereocenters. The van der Waals surface area contributed by atoms with Crippen LogP contribution in [0.1, 0.15) is 55.6 Å². The zero-order chi connectivity index (χ0) is 26.7. The maximum absolute atomic E-state index is 13.3. The minimum absolute atomic E-state index is 0.0589. The van der Waals surface area contributed by atoms with Crippen LogP contribution >= 0.6 is 0 Å². The molecule has 9 heteroatoms. The zero-order valence-corrected chi connectivity index (χ0v) is 21.0. The van der Waals surface area contributed by atoms with Gasteiger partial charge in [-0.3, -0.25) is 4.99 Å². The molecule has 0 aromatic heterocycles. The van der Waals surface area contributed by atoms with E-state index in [-0.39, 0.29) is 5.56 Å². The summed E-state index contributed by atoms with van der Waals surface area (Å²) < 4.78 is 39.9. The predicted molar refractivity (Wildman–Crippen MR) is 141 cm³/mol. The maximum atomic E-state index is 13.3. The normalized spacial score (nSPS) is 15.2. The van der Waals surface area contributed by atoms with E-state index in [1.54, 1.807) is 31.3 Å². The number of benzene rings is 3. The van der Waals surface area contributed by atoms with E-state index in [2.05, 4.69) is 28.6 Å². The molecule has 0 fully saturated rings. The standard InChI is InChI=1S/C16H15F3N4O.C9H13N.C2H6/c1-21-14-10-6-4-8-12(24-20)13(10)22-15(23-14)9-5-2-3-7-11(9)16(17,18)19;1-2-5-8-6-3-4-7-9(8)10;1-2/h2-8,15,22H,20H2,1H3,(H,21,23);3-4,6-7H,2,5,10H2,1H3;1-2H3. The summed E-state index contributed by atoms with van der Waals surface area (Å²) in [5.74, 6) is 6.04. The van der Waals surface area contributed by atoms with Gasteiger partial charge in [0.1, 0.15) is 12.0 Å². The number of rotatable bonds is 4. The molecule has 0 spiro atoms. The molecule has 1 aliphatic heterocycles. The number of nitrogens with two attached hydrogens (primary N) is 2. The van der Waals surface area contributed by atoms with Crippen LogP contribution in [0.4, 0.5) is 24.5 Å². The Balaban J connectivity index is 0.000000318. The van der Waals surface area contributed by atoms with E-state index in [1.807, 2.05) is 32.0 Å². The van der Waals surface area contributed by atoms with Gasteiger partial charge in [-0.05, 0) is 36.2 Å². The van der Waals surface area contributed by atoms with Crippen molar-refractivity contribution in [1.29, 1.82) is 0 Å². The molecule has 0 amide bonds. The zero-order valence-electron chi connectivity index (χ0n) is 21.0. The molecule has 36 heavy (non-hydrogen) atoms. The number of nitrogens with zero attached hydrogens (tertiary/aromatic N) is 1. The number of fused-ring (bicyclic) bond motifs is 1. The summed E-state index contributed by atoms with van der Waals surface area (Å²) in [4.78, 5) is 8.94. The molecular formula is C27H34F3N5O. The molecule has 1 aliphatic rings.